The highest BCUT2D eigenvalue weighted by molar-refractivity contribution is 5.78. The largest absolute Gasteiger partial charge is 0.484 e. The molecule has 1 rings (SSSR count). The van der Waals surface area contributed by atoms with E-state index in [0.29, 0.717) is 12.3 Å². The summed E-state index contributed by atoms with van der Waals surface area (Å²) in [6.45, 7) is 0.401. The van der Waals surface area contributed by atoms with E-state index in [9.17, 15) is 9.59 Å². The fourth-order valence-electron chi connectivity index (χ4n) is 1.31. The summed E-state index contributed by atoms with van der Waals surface area (Å²) >= 11 is 0. The summed E-state index contributed by atoms with van der Waals surface area (Å²) in [5.41, 5.74) is 10.8. The molecule has 19 heavy (non-hydrogen) atoms. The summed E-state index contributed by atoms with van der Waals surface area (Å²) in [6.07, 6.45) is -1.20. The van der Waals surface area contributed by atoms with Gasteiger partial charge in [0, 0.05) is 13.1 Å². The summed E-state index contributed by atoms with van der Waals surface area (Å²) in [5.74, 6) is -0.756. The quantitative estimate of drug-likeness (QED) is 0.455. The molecule has 0 aliphatic carbocycles. The van der Waals surface area contributed by atoms with Crippen molar-refractivity contribution in [2.45, 2.75) is 12.6 Å². The van der Waals surface area contributed by atoms with E-state index in [2.05, 4.69) is 5.32 Å². The molecule has 0 heterocycles. The summed E-state index contributed by atoms with van der Waals surface area (Å²) < 4.78 is 5.10. The van der Waals surface area contributed by atoms with Crippen LogP contribution in [0.15, 0.2) is 24.3 Å². The molecule has 7 nitrogen and oxygen atoms in total. The topological polar surface area (TPSA) is 128 Å². The van der Waals surface area contributed by atoms with Gasteiger partial charge in [0.1, 0.15) is 11.9 Å². The monoisotopic (exact) mass is 267 g/mol. The van der Waals surface area contributed by atoms with E-state index in [-0.39, 0.29) is 13.2 Å². The molecule has 6 N–H and O–H groups in total. The van der Waals surface area contributed by atoms with Crippen LogP contribution in [0.3, 0.4) is 0 Å². The van der Waals surface area contributed by atoms with Crippen LogP contribution in [0.1, 0.15) is 5.56 Å². The van der Waals surface area contributed by atoms with Crippen molar-refractivity contribution in [1.82, 2.24) is 5.32 Å². The van der Waals surface area contributed by atoms with Crippen LogP contribution >= 0.6 is 0 Å². The van der Waals surface area contributed by atoms with E-state index in [1.165, 1.54) is 0 Å². The van der Waals surface area contributed by atoms with Crippen molar-refractivity contribution in [1.29, 1.82) is 0 Å². The Hall–Kier alpha value is -2.12. The maximum Gasteiger partial charge on any atom is 0.255 e. The molecule has 0 saturated carbocycles. The van der Waals surface area contributed by atoms with Gasteiger partial charge in [-0.1, -0.05) is 12.1 Å². The fourth-order valence-corrected chi connectivity index (χ4v) is 1.31. The second-order valence-corrected chi connectivity index (χ2v) is 3.95. The highest BCUT2D eigenvalue weighted by Crippen LogP contribution is 2.11. The Kier molecular flexibility index (Phi) is 5.77. The number of carbonyl (C=O) groups is 2. The van der Waals surface area contributed by atoms with Crippen LogP contribution in [0.5, 0.6) is 5.75 Å². The third-order valence-electron chi connectivity index (χ3n) is 2.30. The van der Waals surface area contributed by atoms with Gasteiger partial charge in [-0.05, 0) is 17.7 Å². The molecular formula is C12H17N3O4. The first-order valence-corrected chi connectivity index (χ1v) is 5.67. The molecule has 0 aliphatic heterocycles. The number of hydrogen-bond acceptors (Lipinski definition) is 5. The lowest BCUT2D eigenvalue weighted by molar-refractivity contribution is -0.125. The number of amides is 2. The molecule has 0 spiro atoms. The van der Waals surface area contributed by atoms with Crippen molar-refractivity contribution in [3.63, 3.8) is 0 Å². The number of nitrogens with one attached hydrogen (secondary N) is 1. The Labute approximate surface area is 110 Å². The van der Waals surface area contributed by atoms with Crippen molar-refractivity contribution in [3.8, 4) is 5.75 Å². The second-order valence-electron chi connectivity index (χ2n) is 3.95. The van der Waals surface area contributed by atoms with E-state index in [4.69, 9.17) is 21.3 Å². The average molecular weight is 267 g/mol. The van der Waals surface area contributed by atoms with E-state index in [1.807, 2.05) is 0 Å². The highest BCUT2D eigenvalue weighted by Gasteiger charge is 2.09. The van der Waals surface area contributed by atoms with Crippen LogP contribution in [-0.2, 0) is 16.1 Å². The van der Waals surface area contributed by atoms with Crippen molar-refractivity contribution < 1.29 is 19.4 Å². The molecule has 0 radical (unpaired) electrons. The van der Waals surface area contributed by atoms with Crippen LogP contribution in [-0.4, -0.2) is 36.2 Å². The summed E-state index contributed by atoms with van der Waals surface area (Å²) in [5, 5.41) is 12.1. The van der Waals surface area contributed by atoms with Gasteiger partial charge in [-0.2, -0.15) is 0 Å². The van der Waals surface area contributed by atoms with Crippen LogP contribution in [0, 0.1) is 0 Å². The first-order valence-electron chi connectivity index (χ1n) is 5.67. The van der Waals surface area contributed by atoms with Gasteiger partial charge < -0.3 is 26.6 Å². The van der Waals surface area contributed by atoms with Gasteiger partial charge in [0.2, 0.25) is 5.91 Å². The van der Waals surface area contributed by atoms with Crippen molar-refractivity contribution >= 4 is 11.8 Å². The number of hydrogen-bond donors (Lipinski definition) is 4. The molecule has 0 aromatic heterocycles. The van der Waals surface area contributed by atoms with E-state index in [1.54, 1.807) is 24.3 Å². The van der Waals surface area contributed by atoms with E-state index >= 15 is 0 Å². The molecule has 0 aliphatic rings. The standard InChI is InChI=1S/C12H17N3O4/c13-11(17)7-19-9-3-1-8(2-4-9)5-15-6-10(16)12(14)18/h1-4,10,15-16H,5-7H2,(H2,13,17)(H2,14,18). The van der Waals surface area contributed by atoms with Gasteiger partial charge >= 0.3 is 0 Å². The predicted octanol–water partition coefficient (Wildman–Crippen LogP) is -1.51. The molecule has 1 unspecified atom stereocenters. The first kappa shape index (κ1) is 14.9. The Morgan fingerprint density at radius 2 is 1.89 bits per heavy atom. The van der Waals surface area contributed by atoms with Gasteiger partial charge in [0.05, 0.1) is 0 Å². The SMILES string of the molecule is NC(=O)COc1ccc(CNCC(O)C(N)=O)cc1. The van der Waals surface area contributed by atoms with Gasteiger partial charge in [0.25, 0.3) is 5.91 Å². The normalized spacial score (nSPS) is 11.8. The summed E-state index contributed by atoms with van der Waals surface area (Å²) in [7, 11) is 0. The Morgan fingerprint density at radius 1 is 1.26 bits per heavy atom. The molecule has 104 valence electrons. The van der Waals surface area contributed by atoms with Crippen molar-refractivity contribution in [2.75, 3.05) is 13.2 Å². The molecule has 0 saturated heterocycles. The minimum absolute atomic E-state index is 0.0925. The van der Waals surface area contributed by atoms with Gasteiger partial charge in [-0.3, -0.25) is 9.59 Å². The van der Waals surface area contributed by atoms with Crippen molar-refractivity contribution in [2.24, 2.45) is 11.5 Å². The molecule has 1 atom stereocenters. The summed E-state index contributed by atoms with van der Waals surface area (Å²) in [4.78, 5) is 21.1. The van der Waals surface area contributed by atoms with E-state index < -0.39 is 17.9 Å². The number of aliphatic hydroxyl groups excluding tert-OH is 1. The number of carbonyl (C=O) groups excluding carboxylic acids is 2. The lowest BCUT2D eigenvalue weighted by Gasteiger charge is -2.09. The van der Waals surface area contributed by atoms with Crippen LogP contribution in [0.4, 0.5) is 0 Å². The van der Waals surface area contributed by atoms with Crippen molar-refractivity contribution in [3.05, 3.63) is 29.8 Å². The maximum atomic E-state index is 10.6. The lowest BCUT2D eigenvalue weighted by atomic mass is 10.2. The zero-order valence-electron chi connectivity index (χ0n) is 10.3. The number of ether oxygens (including phenoxy) is 1. The molecule has 1 aromatic carbocycles. The molecule has 0 fully saturated rings. The predicted molar refractivity (Wildman–Crippen MR) is 68.0 cm³/mol. The Morgan fingerprint density at radius 3 is 2.42 bits per heavy atom. The lowest BCUT2D eigenvalue weighted by Crippen LogP contribution is -2.37. The number of nitrogens with two attached hydrogens (primary N) is 2. The number of rotatable bonds is 8. The summed E-state index contributed by atoms with van der Waals surface area (Å²) in [6, 6.07) is 6.98. The number of benzene rings is 1. The Bertz CT molecular complexity index is 433. The zero-order chi connectivity index (χ0) is 14.3. The van der Waals surface area contributed by atoms with Crippen LogP contribution in [0.25, 0.3) is 0 Å². The zero-order valence-corrected chi connectivity index (χ0v) is 10.3. The van der Waals surface area contributed by atoms with Gasteiger partial charge in [0.15, 0.2) is 6.61 Å². The third-order valence-corrected chi connectivity index (χ3v) is 2.30. The van der Waals surface area contributed by atoms with Crippen LogP contribution < -0.4 is 21.5 Å². The van der Waals surface area contributed by atoms with E-state index in [0.717, 1.165) is 5.56 Å². The molecule has 1 aromatic rings. The van der Waals surface area contributed by atoms with Gasteiger partial charge in [-0.25, -0.2) is 0 Å². The minimum atomic E-state index is -1.20. The average Bonchev–Trinajstić information content (AvgIpc) is 2.37. The molecule has 0 bridgehead atoms. The maximum absolute atomic E-state index is 10.6. The molecule has 2 amide bonds. The third kappa shape index (κ3) is 5.84. The highest BCUT2D eigenvalue weighted by atomic mass is 16.5. The van der Waals surface area contributed by atoms with Crippen LogP contribution in [0.2, 0.25) is 0 Å². The number of primary amides is 2. The number of aliphatic hydroxyl groups is 1. The molecular weight excluding hydrogens is 250 g/mol. The fraction of sp³-hybridized carbons (Fsp3) is 0.333. The van der Waals surface area contributed by atoms with Gasteiger partial charge in [-0.15, -0.1) is 0 Å². The smallest absolute Gasteiger partial charge is 0.255 e. The minimum Gasteiger partial charge on any atom is -0.484 e. The first-order chi connectivity index (χ1) is 8.99. The second kappa shape index (κ2) is 7.34. The Balaban J connectivity index is 2.36. The molecule has 7 heteroatoms.